The molecule has 1 atom stereocenters. The van der Waals surface area contributed by atoms with E-state index >= 15 is 0 Å². The van der Waals surface area contributed by atoms with Crippen LogP contribution in [0.3, 0.4) is 0 Å². The average Bonchev–Trinajstić information content (AvgIpc) is 2.96. The number of hydrogen-bond donors (Lipinski definition) is 1. The summed E-state index contributed by atoms with van der Waals surface area (Å²) in [5.41, 5.74) is 0.912. The van der Waals surface area contributed by atoms with E-state index in [1.807, 2.05) is 30.3 Å². The van der Waals surface area contributed by atoms with Crippen molar-refractivity contribution in [3.8, 4) is 11.1 Å². The molecule has 0 unspecified atom stereocenters. The molecule has 98 valence electrons. The molecule has 0 bridgehead atoms. The number of rotatable bonds is 4. The van der Waals surface area contributed by atoms with Crippen LogP contribution in [0.5, 0.6) is 0 Å². The molecule has 0 amide bonds. The highest BCUT2D eigenvalue weighted by Gasteiger charge is 2.23. The second kappa shape index (κ2) is 4.97. The lowest BCUT2D eigenvalue weighted by atomic mass is 9.98. The third-order valence-corrected chi connectivity index (χ3v) is 3.50. The average molecular weight is 257 g/mol. The highest BCUT2D eigenvalue weighted by molar-refractivity contribution is 5.81. The molecule has 19 heavy (non-hydrogen) atoms. The van der Waals surface area contributed by atoms with E-state index in [0.29, 0.717) is 17.8 Å². The zero-order chi connectivity index (χ0) is 13.2. The van der Waals surface area contributed by atoms with Crippen LogP contribution < -0.4 is 16.2 Å². The Morgan fingerprint density at radius 1 is 1.16 bits per heavy atom. The van der Waals surface area contributed by atoms with Crippen LogP contribution in [0, 0.1) is 0 Å². The fraction of sp³-hybridized carbons (Fsp3) is 0.333. The zero-order valence-corrected chi connectivity index (χ0v) is 10.5. The first-order valence-electron chi connectivity index (χ1n) is 6.51. The first kappa shape index (κ1) is 12.1. The number of anilines is 1. The van der Waals surface area contributed by atoms with Gasteiger partial charge in [0, 0.05) is 13.2 Å². The van der Waals surface area contributed by atoms with E-state index in [1.165, 1.54) is 0 Å². The molecule has 2 aromatic rings. The summed E-state index contributed by atoms with van der Waals surface area (Å²) in [6.07, 6.45) is 2.21. The summed E-state index contributed by atoms with van der Waals surface area (Å²) in [5, 5.41) is 3.07. The van der Waals surface area contributed by atoms with Crippen LogP contribution >= 0.6 is 0 Å². The second-order valence-corrected chi connectivity index (χ2v) is 4.79. The molecule has 1 N–H and O–H groups in total. The van der Waals surface area contributed by atoms with Crippen LogP contribution in [0.25, 0.3) is 11.1 Å². The van der Waals surface area contributed by atoms with Gasteiger partial charge in [0.2, 0.25) is 10.9 Å². The molecular formula is C15H15NO3. The van der Waals surface area contributed by atoms with Gasteiger partial charge in [0.1, 0.15) is 0 Å². The molecule has 4 nitrogen and oxygen atoms in total. The molecule has 4 heteroatoms. The summed E-state index contributed by atoms with van der Waals surface area (Å²) < 4.78 is 5.49. The second-order valence-electron chi connectivity index (χ2n) is 4.79. The van der Waals surface area contributed by atoms with E-state index < -0.39 is 10.9 Å². The van der Waals surface area contributed by atoms with E-state index in [-0.39, 0.29) is 6.10 Å². The van der Waals surface area contributed by atoms with Crippen LogP contribution in [0.1, 0.15) is 12.8 Å². The van der Waals surface area contributed by atoms with Gasteiger partial charge in [0.05, 0.1) is 17.4 Å². The van der Waals surface area contributed by atoms with Crippen molar-refractivity contribution in [2.45, 2.75) is 18.9 Å². The molecule has 1 saturated heterocycles. The number of nitrogens with one attached hydrogen (secondary N) is 1. The largest absolute Gasteiger partial charge is 0.379 e. The normalized spacial score (nSPS) is 18.8. The topological polar surface area (TPSA) is 55.4 Å². The van der Waals surface area contributed by atoms with Crippen LogP contribution in [0.2, 0.25) is 0 Å². The number of ether oxygens (including phenoxy) is 1. The van der Waals surface area contributed by atoms with Gasteiger partial charge in [0.25, 0.3) is 0 Å². The van der Waals surface area contributed by atoms with Crippen molar-refractivity contribution in [3.63, 3.8) is 0 Å². The van der Waals surface area contributed by atoms with Gasteiger partial charge in [-0.3, -0.25) is 9.59 Å². The minimum atomic E-state index is -0.420. The van der Waals surface area contributed by atoms with E-state index in [9.17, 15) is 9.59 Å². The molecule has 3 rings (SSSR count). The standard InChI is InChI=1S/C15H15NO3/c17-14-12(10-5-2-1-3-6-10)13(15(14)18)16-9-11-7-4-8-19-11/h1-3,5-6,11,16H,4,7-9H2/t11-/m1/s1. The predicted octanol–water partition coefficient (Wildman–Crippen LogP) is 1.54. The Morgan fingerprint density at radius 3 is 2.63 bits per heavy atom. The van der Waals surface area contributed by atoms with Gasteiger partial charge >= 0.3 is 0 Å². The van der Waals surface area contributed by atoms with Gasteiger partial charge in [-0.2, -0.15) is 0 Å². The van der Waals surface area contributed by atoms with Gasteiger partial charge in [-0.15, -0.1) is 0 Å². The van der Waals surface area contributed by atoms with Crippen molar-refractivity contribution in [2.75, 3.05) is 18.5 Å². The molecule has 0 radical (unpaired) electrons. The van der Waals surface area contributed by atoms with Gasteiger partial charge in [-0.25, -0.2) is 0 Å². The van der Waals surface area contributed by atoms with Gasteiger partial charge in [0.15, 0.2) is 0 Å². The summed E-state index contributed by atoms with van der Waals surface area (Å²) in [5.74, 6) is 0. The Morgan fingerprint density at radius 2 is 1.95 bits per heavy atom. The number of benzene rings is 1. The molecule has 1 fully saturated rings. The molecular weight excluding hydrogens is 242 g/mol. The van der Waals surface area contributed by atoms with Crippen LogP contribution in [0.15, 0.2) is 39.9 Å². The van der Waals surface area contributed by atoms with E-state index in [4.69, 9.17) is 4.74 Å². The smallest absolute Gasteiger partial charge is 0.250 e. The summed E-state index contributed by atoms with van der Waals surface area (Å²) in [4.78, 5) is 23.3. The van der Waals surface area contributed by atoms with Crippen molar-refractivity contribution >= 4 is 5.69 Å². The lowest BCUT2D eigenvalue weighted by molar-refractivity contribution is 0.120. The van der Waals surface area contributed by atoms with E-state index in [0.717, 1.165) is 25.0 Å². The predicted molar refractivity (Wildman–Crippen MR) is 74.3 cm³/mol. The van der Waals surface area contributed by atoms with Crippen molar-refractivity contribution in [3.05, 3.63) is 50.8 Å². The first-order chi connectivity index (χ1) is 9.27. The fourth-order valence-electron chi connectivity index (χ4n) is 2.46. The summed E-state index contributed by atoms with van der Waals surface area (Å²) >= 11 is 0. The maximum Gasteiger partial charge on any atom is 0.250 e. The Bertz CT molecular complexity index is 635. The lowest BCUT2D eigenvalue weighted by Gasteiger charge is -2.16. The van der Waals surface area contributed by atoms with Gasteiger partial charge in [-0.1, -0.05) is 30.3 Å². The summed E-state index contributed by atoms with van der Waals surface area (Å²) in [6, 6.07) is 9.28. The molecule has 1 aliphatic rings. The van der Waals surface area contributed by atoms with Crippen molar-refractivity contribution < 1.29 is 4.74 Å². The maximum atomic E-state index is 11.7. The van der Waals surface area contributed by atoms with E-state index in [2.05, 4.69) is 5.32 Å². The highest BCUT2D eigenvalue weighted by Crippen LogP contribution is 2.23. The third kappa shape index (κ3) is 2.19. The fourth-order valence-corrected chi connectivity index (χ4v) is 2.46. The van der Waals surface area contributed by atoms with Gasteiger partial charge in [-0.05, 0) is 18.4 Å². The molecule has 0 aliphatic carbocycles. The summed E-state index contributed by atoms with van der Waals surface area (Å²) in [7, 11) is 0. The quantitative estimate of drug-likeness (QED) is 0.844. The van der Waals surface area contributed by atoms with Crippen LogP contribution in [-0.2, 0) is 4.74 Å². The first-order valence-corrected chi connectivity index (χ1v) is 6.51. The monoisotopic (exact) mass is 257 g/mol. The molecule has 1 heterocycles. The van der Waals surface area contributed by atoms with Crippen LogP contribution in [-0.4, -0.2) is 19.3 Å². The van der Waals surface area contributed by atoms with Crippen molar-refractivity contribution in [1.29, 1.82) is 0 Å². The molecule has 0 aromatic heterocycles. The molecule has 0 saturated carbocycles. The number of hydrogen-bond acceptors (Lipinski definition) is 4. The summed E-state index contributed by atoms with van der Waals surface area (Å²) in [6.45, 7) is 1.37. The zero-order valence-electron chi connectivity index (χ0n) is 10.5. The lowest BCUT2D eigenvalue weighted by Crippen LogP contribution is -2.37. The Hall–Kier alpha value is -1.94. The Kier molecular flexibility index (Phi) is 3.17. The Balaban J connectivity index is 1.80. The van der Waals surface area contributed by atoms with Crippen molar-refractivity contribution in [2.24, 2.45) is 0 Å². The SMILES string of the molecule is O=c1c(NC[C@H]2CCCO2)c(-c2ccccc2)c1=O. The molecule has 2 aromatic carbocycles. The van der Waals surface area contributed by atoms with Crippen LogP contribution in [0.4, 0.5) is 5.69 Å². The Labute approximate surface area is 110 Å². The highest BCUT2D eigenvalue weighted by atomic mass is 16.5. The van der Waals surface area contributed by atoms with Crippen molar-refractivity contribution in [1.82, 2.24) is 0 Å². The minimum absolute atomic E-state index is 0.146. The molecule has 1 aliphatic heterocycles. The maximum absolute atomic E-state index is 11.7. The van der Waals surface area contributed by atoms with E-state index in [1.54, 1.807) is 0 Å². The molecule has 0 spiro atoms. The van der Waals surface area contributed by atoms with Gasteiger partial charge < -0.3 is 10.1 Å². The third-order valence-electron chi connectivity index (χ3n) is 3.50. The minimum Gasteiger partial charge on any atom is -0.379 e.